The fraction of sp³-hybridized carbons (Fsp3) is 0.154. The number of aryl methyl sites for hydroxylation is 1. The van der Waals surface area contributed by atoms with Crippen LogP contribution in [0.3, 0.4) is 0 Å². The lowest BCUT2D eigenvalue weighted by atomic mass is 10.2. The molecule has 0 aliphatic carbocycles. The van der Waals surface area contributed by atoms with Crippen LogP contribution >= 0.6 is 0 Å². The van der Waals surface area contributed by atoms with Crippen LogP contribution in [0, 0.1) is 6.92 Å². The first-order valence-corrected chi connectivity index (χ1v) is 10.4. The van der Waals surface area contributed by atoms with Crippen molar-refractivity contribution in [1.29, 1.82) is 0 Å². The van der Waals surface area contributed by atoms with Crippen LogP contribution < -0.4 is 10.1 Å². The fourth-order valence-corrected chi connectivity index (χ4v) is 2.74. The molecular weight excluding hydrogens is 418 g/mol. The average Bonchev–Trinajstić information content (AvgIpc) is 2.81. The van der Waals surface area contributed by atoms with E-state index < -0.39 is 5.97 Å². The van der Waals surface area contributed by atoms with Gasteiger partial charge in [-0.05, 0) is 80.1 Å². The van der Waals surface area contributed by atoms with E-state index in [1.54, 1.807) is 55.5 Å². The normalized spacial score (nSPS) is 10.6. The molecule has 0 spiro atoms. The predicted octanol–water partition coefficient (Wildman–Crippen LogP) is 6.16. The molecule has 0 bridgehead atoms. The van der Waals surface area contributed by atoms with E-state index in [1.807, 2.05) is 31.2 Å². The van der Waals surface area contributed by atoms with E-state index >= 15 is 0 Å². The third kappa shape index (κ3) is 7.43. The van der Waals surface area contributed by atoms with E-state index in [0.29, 0.717) is 28.3 Å². The Morgan fingerprint density at radius 3 is 2.27 bits per heavy atom. The Morgan fingerprint density at radius 2 is 1.61 bits per heavy atom. The number of carbonyl (C=O) groups excluding carboxylic acids is 2. The summed E-state index contributed by atoms with van der Waals surface area (Å²) in [6, 6.07) is 21.6. The second-order valence-corrected chi connectivity index (χ2v) is 7.33. The molecule has 7 nitrogen and oxygen atoms in total. The highest BCUT2D eigenvalue weighted by Gasteiger charge is 2.07. The maximum absolute atomic E-state index is 12.5. The maximum Gasteiger partial charge on any atom is 0.333 e. The molecule has 168 valence electrons. The molecule has 3 rings (SSSR count). The lowest BCUT2D eigenvalue weighted by Crippen LogP contribution is -2.13. The molecule has 0 saturated heterocycles. The van der Waals surface area contributed by atoms with Crippen LogP contribution in [0.5, 0.6) is 5.75 Å². The van der Waals surface area contributed by atoms with Crippen molar-refractivity contribution in [3.63, 3.8) is 0 Å². The zero-order chi connectivity index (χ0) is 23.6. The highest BCUT2D eigenvalue weighted by Crippen LogP contribution is 2.21. The summed E-state index contributed by atoms with van der Waals surface area (Å²) in [5.74, 6) is -0.125. The van der Waals surface area contributed by atoms with Crippen molar-refractivity contribution in [2.75, 3.05) is 18.5 Å². The number of hydrogen-bond acceptors (Lipinski definition) is 6. The van der Waals surface area contributed by atoms with Crippen LogP contribution in [0.1, 0.15) is 22.8 Å². The van der Waals surface area contributed by atoms with Crippen molar-refractivity contribution >= 4 is 28.9 Å². The Hall–Kier alpha value is -4.26. The van der Waals surface area contributed by atoms with E-state index in [0.717, 1.165) is 11.3 Å². The van der Waals surface area contributed by atoms with Crippen LogP contribution in [0.15, 0.2) is 95.2 Å². The van der Waals surface area contributed by atoms with Crippen molar-refractivity contribution in [2.24, 2.45) is 10.2 Å². The number of anilines is 1. The molecule has 0 saturated carbocycles. The SMILES string of the molecule is C=C(C)C(=O)OCCOc1ccc(C(=O)Nc2ccc(N=Nc3cccc(C)c3)cc2)cc1. The zero-order valence-corrected chi connectivity index (χ0v) is 18.6. The average molecular weight is 444 g/mol. The molecular formula is C26H25N3O4. The zero-order valence-electron chi connectivity index (χ0n) is 18.6. The van der Waals surface area contributed by atoms with Gasteiger partial charge in [0.05, 0.1) is 11.4 Å². The van der Waals surface area contributed by atoms with Crippen LogP contribution in [0.2, 0.25) is 0 Å². The van der Waals surface area contributed by atoms with Gasteiger partial charge in [0, 0.05) is 16.8 Å². The first-order valence-electron chi connectivity index (χ1n) is 10.4. The summed E-state index contributed by atoms with van der Waals surface area (Å²) in [6.45, 7) is 7.42. The van der Waals surface area contributed by atoms with Gasteiger partial charge in [-0.1, -0.05) is 18.7 Å². The van der Waals surface area contributed by atoms with Gasteiger partial charge in [0.1, 0.15) is 19.0 Å². The minimum Gasteiger partial charge on any atom is -0.490 e. The summed E-state index contributed by atoms with van der Waals surface area (Å²) in [5, 5.41) is 11.3. The summed E-state index contributed by atoms with van der Waals surface area (Å²) in [5.41, 5.74) is 4.06. The Bertz CT molecular complexity index is 1150. The van der Waals surface area contributed by atoms with Crippen molar-refractivity contribution in [3.8, 4) is 5.75 Å². The van der Waals surface area contributed by atoms with E-state index in [4.69, 9.17) is 9.47 Å². The highest BCUT2D eigenvalue weighted by molar-refractivity contribution is 6.04. The number of esters is 1. The van der Waals surface area contributed by atoms with Gasteiger partial charge in [-0.2, -0.15) is 10.2 Å². The standard InChI is InChI=1S/C26H25N3O4/c1-18(2)26(31)33-16-15-32-24-13-7-20(8-14-24)25(30)27-21-9-11-22(12-10-21)28-29-23-6-4-5-19(3)17-23/h4-14,17H,1,15-16H2,2-3H3,(H,27,30). The molecule has 3 aromatic rings. The van der Waals surface area contributed by atoms with Gasteiger partial charge in [0.25, 0.3) is 5.91 Å². The van der Waals surface area contributed by atoms with E-state index in [9.17, 15) is 9.59 Å². The molecule has 0 aliphatic heterocycles. The van der Waals surface area contributed by atoms with Gasteiger partial charge in [0.2, 0.25) is 0 Å². The molecule has 0 aliphatic rings. The lowest BCUT2D eigenvalue weighted by molar-refractivity contribution is -0.139. The van der Waals surface area contributed by atoms with Crippen molar-refractivity contribution in [3.05, 3.63) is 96.1 Å². The van der Waals surface area contributed by atoms with Gasteiger partial charge in [-0.25, -0.2) is 4.79 Å². The van der Waals surface area contributed by atoms with Gasteiger partial charge in [-0.3, -0.25) is 4.79 Å². The first-order chi connectivity index (χ1) is 15.9. The summed E-state index contributed by atoms with van der Waals surface area (Å²) in [4.78, 5) is 23.8. The number of carbonyl (C=O) groups is 2. The second-order valence-electron chi connectivity index (χ2n) is 7.33. The number of nitrogens with zero attached hydrogens (tertiary/aromatic N) is 2. The Balaban J connectivity index is 1.49. The molecule has 1 N–H and O–H groups in total. The van der Waals surface area contributed by atoms with Gasteiger partial charge in [-0.15, -0.1) is 0 Å². The van der Waals surface area contributed by atoms with Crippen molar-refractivity contribution in [1.82, 2.24) is 0 Å². The number of hydrogen-bond donors (Lipinski definition) is 1. The Kier molecular flexibility index (Phi) is 8.07. The number of nitrogens with one attached hydrogen (secondary N) is 1. The predicted molar refractivity (Wildman–Crippen MR) is 127 cm³/mol. The molecule has 1 amide bonds. The molecule has 0 atom stereocenters. The van der Waals surface area contributed by atoms with Gasteiger partial charge < -0.3 is 14.8 Å². The summed E-state index contributed by atoms with van der Waals surface area (Å²) in [6.07, 6.45) is 0. The molecule has 3 aromatic carbocycles. The largest absolute Gasteiger partial charge is 0.490 e. The van der Waals surface area contributed by atoms with E-state index in [1.165, 1.54) is 0 Å². The number of amides is 1. The van der Waals surface area contributed by atoms with Crippen LogP contribution in [-0.2, 0) is 9.53 Å². The molecule has 0 fully saturated rings. The van der Waals surface area contributed by atoms with Crippen molar-refractivity contribution < 1.29 is 19.1 Å². The van der Waals surface area contributed by atoms with Crippen LogP contribution in [0.25, 0.3) is 0 Å². The smallest absolute Gasteiger partial charge is 0.333 e. The molecule has 0 unspecified atom stereocenters. The van der Waals surface area contributed by atoms with Crippen LogP contribution in [0.4, 0.5) is 17.1 Å². The minimum absolute atomic E-state index is 0.120. The van der Waals surface area contributed by atoms with Crippen LogP contribution in [-0.4, -0.2) is 25.1 Å². The lowest BCUT2D eigenvalue weighted by Gasteiger charge is -2.09. The third-order valence-corrected chi connectivity index (χ3v) is 4.46. The first kappa shape index (κ1) is 23.4. The molecule has 33 heavy (non-hydrogen) atoms. The number of ether oxygens (including phenoxy) is 2. The number of benzene rings is 3. The maximum atomic E-state index is 12.5. The molecule has 0 heterocycles. The Labute approximate surface area is 192 Å². The van der Waals surface area contributed by atoms with E-state index in [2.05, 4.69) is 22.1 Å². The number of rotatable bonds is 9. The highest BCUT2D eigenvalue weighted by atomic mass is 16.6. The summed E-state index contributed by atoms with van der Waals surface area (Å²) >= 11 is 0. The second kappa shape index (κ2) is 11.4. The molecule has 0 radical (unpaired) electrons. The number of azo groups is 1. The minimum atomic E-state index is -0.451. The summed E-state index contributed by atoms with van der Waals surface area (Å²) < 4.78 is 10.5. The Morgan fingerprint density at radius 1 is 0.909 bits per heavy atom. The van der Waals surface area contributed by atoms with E-state index in [-0.39, 0.29) is 19.1 Å². The van der Waals surface area contributed by atoms with Crippen molar-refractivity contribution in [2.45, 2.75) is 13.8 Å². The van der Waals surface area contributed by atoms with Gasteiger partial charge in [0.15, 0.2) is 0 Å². The topological polar surface area (TPSA) is 89.3 Å². The monoisotopic (exact) mass is 443 g/mol. The quantitative estimate of drug-likeness (QED) is 0.186. The molecule has 0 aromatic heterocycles. The molecule has 7 heteroatoms. The van der Waals surface area contributed by atoms with Gasteiger partial charge >= 0.3 is 5.97 Å². The third-order valence-electron chi connectivity index (χ3n) is 4.46. The fourth-order valence-electron chi connectivity index (χ4n) is 2.74. The summed E-state index contributed by atoms with van der Waals surface area (Å²) in [7, 11) is 0.